The quantitative estimate of drug-likeness (QED) is 0.531. The van der Waals surface area contributed by atoms with Crippen molar-refractivity contribution >= 4 is 0 Å². The van der Waals surface area contributed by atoms with Gasteiger partial charge in [-0.05, 0) is 6.42 Å². The zero-order valence-electron chi connectivity index (χ0n) is 6.66. The van der Waals surface area contributed by atoms with Crippen LogP contribution in [-0.4, -0.2) is 49.6 Å². The van der Waals surface area contributed by atoms with Gasteiger partial charge >= 0.3 is 0 Å². The lowest BCUT2D eigenvalue weighted by atomic mass is 10.5. The minimum Gasteiger partial charge on any atom is -0.379 e. The van der Waals surface area contributed by atoms with Crippen molar-refractivity contribution in [2.75, 3.05) is 39.5 Å². The van der Waals surface area contributed by atoms with Crippen LogP contribution in [0.1, 0.15) is 6.42 Å². The van der Waals surface area contributed by atoms with E-state index in [9.17, 15) is 0 Å². The molecule has 2 aliphatic rings. The molecular weight excluding hydrogens is 144 g/mol. The van der Waals surface area contributed by atoms with E-state index in [4.69, 9.17) is 9.57 Å². The summed E-state index contributed by atoms with van der Waals surface area (Å²) < 4.78 is 5.24. The summed E-state index contributed by atoms with van der Waals surface area (Å²) in [6, 6.07) is 0. The lowest BCUT2D eigenvalue weighted by molar-refractivity contribution is -0.265. The van der Waals surface area contributed by atoms with E-state index >= 15 is 0 Å². The predicted molar refractivity (Wildman–Crippen MR) is 39.7 cm³/mol. The fraction of sp³-hybridized carbons (Fsp3) is 1.00. The molecule has 64 valence electrons. The van der Waals surface area contributed by atoms with Crippen molar-refractivity contribution in [2.24, 2.45) is 0 Å². The minimum absolute atomic E-state index is 0.833. The lowest BCUT2D eigenvalue weighted by Crippen LogP contribution is -2.46. The van der Waals surface area contributed by atoms with Crippen molar-refractivity contribution in [1.82, 2.24) is 10.2 Å². The van der Waals surface area contributed by atoms with Crippen molar-refractivity contribution < 1.29 is 9.57 Å². The van der Waals surface area contributed by atoms with E-state index in [1.54, 1.807) is 0 Å². The number of nitrogens with zero attached hydrogens (tertiary/aromatic N) is 2. The second kappa shape index (κ2) is 3.49. The first-order valence-corrected chi connectivity index (χ1v) is 4.20. The molecule has 2 heterocycles. The third-order valence-electron chi connectivity index (χ3n) is 2.04. The summed E-state index contributed by atoms with van der Waals surface area (Å²) in [6.07, 6.45) is 1.15. The third-order valence-corrected chi connectivity index (χ3v) is 2.04. The summed E-state index contributed by atoms with van der Waals surface area (Å²) >= 11 is 0. The fourth-order valence-electron chi connectivity index (χ4n) is 1.43. The van der Waals surface area contributed by atoms with Gasteiger partial charge in [0.1, 0.15) is 0 Å². The molecule has 2 fully saturated rings. The van der Waals surface area contributed by atoms with Crippen molar-refractivity contribution in [1.29, 1.82) is 0 Å². The molecule has 0 saturated carbocycles. The monoisotopic (exact) mass is 158 g/mol. The Labute approximate surface area is 66.6 Å². The Balaban J connectivity index is 1.82. The van der Waals surface area contributed by atoms with Crippen LogP contribution in [0.25, 0.3) is 0 Å². The Morgan fingerprint density at radius 2 is 1.73 bits per heavy atom. The molecule has 2 rings (SSSR count). The summed E-state index contributed by atoms with van der Waals surface area (Å²) in [5, 5.41) is 4.19. The zero-order chi connectivity index (χ0) is 7.52. The van der Waals surface area contributed by atoms with Gasteiger partial charge in [0.05, 0.1) is 19.8 Å². The first-order chi connectivity index (χ1) is 5.47. The highest BCUT2D eigenvalue weighted by atomic mass is 16.7. The van der Waals surface area contributed by atoms with Crippen LogP contribution in [0.3, 0.4) is 0 Å². The van der Waals surface area contributed by atoms with Gasteiger partial charge in [-0.25, -0.2) is 5.01 Å². The molecule has 0 aromatic heterocycles. The van der Waals surface area contributed by atoms with Crippen LogP contribution in [0.4, 0.5) is 0 Å². The van der Waals surface area contributed by atoms with E-state index in [2.05, 4.69) is 5.01 Å². The minimum atomic E-state index is 0.833. The number of ether oxygens (including phenoxy) is 1. The van der Waals surface area contributed by atoms with Crippen molar-refractivity contribution in [3.8, 4) is 0 Å². The topological polar surface area (TPSA) is 24.9 Å². The summed E-state index contributed by atoms with van der Waals surface area (Å²) in [6.45, 7) is 5.52. The van der Waals surface area contributed by atoms with Crippen molar-refractivity contribution in [2.45, 2.75) is 6.42 Å². The summed E-state index contributed by atoms with van der Waals surface area (Å²) in [5.74, 6) is 0. The molecule has 0 radical (unpaired) electrons. The SMILES string of the molecule is C1CON(N2CCOCC2)C1. The number of hydrazine groups is 1. The maximum absolute atomic E-state index is 5.40. The Kier molecular flexibility index (Phi) is 2.38. The van der Waals surface area contributed by atoms with E-state index in [1.165, 1.54) is 0 Å². The van der Waals surface area contributed by atoms with Gasteiger partial charge in [0, 0.05) is 19.6 Å². The first kappa shape index (κ1) is 7.49. The molecule has 0 aliphatic carbocycles. The summed E-state index contributed by atoms with van der Waals surface area (Å²) in [5.41, 5.74) is 0. The highest BCUT2D eigenvalue weighted by Crippen LogP contribution is 2.09. The summed E-state index contributed by atoms with van der Waals surface area (Å²) in [7, 11) is 0. The number of morpholine rings is 1. The van der Waals surface area contributed by atoms with E-state index < -0.39 is 0 Å². The average molecular weight is 158 g/mol. The van der Waals surface area contributed by atoms with Gasteiger partial charge in [-0.1, -0.05) is 0 Å². The molecule has 2 saturated heterocycles. The van der Waals surface area contributed by atoms with Gasteiger partial charge in [-0.15, -0.1) is 5.17 Å². The fourth-order valence-corrected chi connectivity index (χ4v) is 1.43. The molecule has 0 N–H and O–H groups in total. The molecule has 2 aliphatic heterocycles. The largest absolute Gasteiger partial charge is 0.379 e. The van der Waals surface area contributed by atoms with Gasteiger partial charge in [-0.3, -0.25) is 4.84 Å². The summed E-state index contributed by atoms with van der Waals surface area (Å²) in [4.78, 5) is 5.40. The smallest absolute Gasteiger partial charge is 0.0715 e. The Morgan fingerprint density at radius 1 is 0.909 bits per heavy atom. The van der Waals surface area contributed by atoms with Crippen molar-refractivity contribution in [3.63, 3.8) is 0 Å². The van der Waals surface area contributed by atoms with Gasteiger partial charge in [0.2, 0.25) is 0 Å². The number of hydroxylamine groups is 1. The normalized spacial score (nSPS) is 29.5. The van der Waals surface area contributed by atoms with Gasteiger partial charge < -0.3 is 4.74 Å². The van der Waals surface area contributed by atoms with E-state index in [0.717, 1.165) is 45.9 Å². The van der Waals surface area contributed by atoms with E-state index in [0.29, 0.717) is 0 Å². The first-order valence-electron chi connectivity index (χ1n) is 4.20. The third kappa shape index (κ3) is 1.70. The van der Waals surface area contributed by atoms with E-state index in [-0.39, 0.29) is 0 Å². The molecular formula is C7H14N2O2. The van der Waals surface area contributed by atoms with Gasteiger partial charge in [-0.2, -0.15) is 0 Å². The predicted octanol–water partition coefficient (Wildman–Crippen LogP) is -0.129. The van der Waals surface area contributed by atoms with Crippen LogP contribution in [0.5, 0.6) is 0 Å². The molecule has 11 heavy (non-hydrogen) atoms. The average Bonchev–Trinajstić information content (AvgIpc) is 2.58. The number of hydrogen-bond acceptors (Lipinski definition) is 4. The molecule has 4 heteroatoms. The standard InChI is InChI=1S/C7H14N2O2/c1-2-9(11-5-1)8-3-6-10-7-4-8/h1-7H2. The van der Waals surface area contributed by atoms with Crippen LogP contribution in [0.2, 0.25) is 0 Å². The second-order valence-corrected chi connectivity index (χ2v) is 2.83. The van der Waals surface area contributed by atoms with Gasteiger partial charge in [0.15, 0.2) is 0 Å². The van der Waals surface area contributed by atoms with Crippen LogP contribution in [0, 0.1) is 0 Å². The molecule has 0 atom stereocenters. The molecule has 0 aromatic carbocycles. The Morgan fingerprint density at radius 3 is 2.36 bits per heavy atom. The van der Waals surface area contributed by atoms with Crippen molar-refractivity contribution in [3.05, 3.63) is 0 Å². The molecule has 0 bridgehead atoms. The van der Waals surface area contributed by atoms with E-state index in [1.807, 2.05) is 5.17 Å². The second-order valence-electron chi connectivity index (χ2n) is 2.83. The zero-order valence-corrected chi connectivity index (χ0v) is 6.66. The van der Waals surface area contributed by atoms with Gasteiger partial charge in [0.25, 0.3) is 0 Å². The molecule has 0 unspecified atom stereocenters. The number of hydrogen-bond donors (Lipinski definition) is 0. The molecule has 4 nitrogen and oxygen atoms in total. The highest BCUT2D eigenvalue weighted by Gasteiger charge is 2.22. The highest BCUT2D eigenvalue weighted by molar-refractivity contribution is 4.59. The maximum atomic E-state index is 5.40. The molecule has 0 aromatic rings. The van der Waals surface area contributed by atoms with Crippen LogP contribution < -0.4 is 0 Å². The Bertz CT molecular complexity index is 120. The molecule has 0 amide bonds. The van der Waals surface area contributed by atoms with Crippen LogP contribution in [-0.2, 0) is 9.57 Å². The maximum Gasteiger partial charge on any atom is 0.0715 e. The lowest BCUT2D eigenvalue weighted by Gasteiger charge is -2.32. The Hall–Kier alpha value is -0.160. The van der Waals surface area contributed by atoms with Crippen LogP contribution >= 0.6 is 0 Å². The molecule has 0 spiro atoms. The van der Waals surface area contributed by atoms with Crippen LogP contribution in [0.15, 0.2) is 0 Å². The number of rotatable bonds is 1.